The van der Waals surface area contributed by atoms with Crippen molar-refractivity contribution in [2.75, 3.05) is 0 Å². The van der Waals surface area contributed by atoms with Crippen LogP contribution in [-0.2, 0) is 6.54 Å². The van der Waals surface area contributed by atoms with Gasteiger partial charge in [-0.3, -0.25) is 4.79 Å². The molecule has 1 aromatic heterocycles. The average molecular weight is 365 g/mol. The second kappa shape index (κ2) is 5.14. The standard InChI is InChI=1S/C11H7ClFIN2O/c12-9-2-1-3-10(13)8(9)6-16-11(17)4-7(14)5-15-16/h1-5H,6H2. The highest BCUT2D eigenvalue weighted by Gasteiger charge is 2.09. The first-order valence-corrected chi connectivity index (χ1v) is 6.19. The van der Waals surface area contributed by atoms with Crippen molar-refractivity contribution in [1.82, 2.24) is 9.78 Å². The van der Waals surface area contributed by atoms with E-state index in [1.54, 1.807) is 6.07 Å². The number of halogens is 3. The van der Waals surface area contributed by atoms with E-state index in [0.717, 1.165) is 3.57 Å². The smallest absolute Gasteiger partial charge is 0.268 e. The van der Waals surface area contributed by atoms with E-state index in [1.807, 2.05) is 22.6 Å². The Balaban J connectivity index is 2.42. The predicted octanol–water partition coefficient (Wildman–Crippen LogP) is 2.69. The lowest BCUT2D eigenvalue weighted by molar-refractivity contribution is 0.571. The van der Waals surface area contributed by atoms with Gasteiger partial charge in [-0.1, -0.05) is 17.7 Å². The molecule has 0 fully saturated rings. The minimum Gasteiger partial charge on any atom is -0.268 e. The first kappa shape index (κ1) is 12.5. The summed E-state index contributed by atoms with van der Waals surface area (Å²) < 4.78 is 15.4. The Labute approximate surface area is 115 Å². The SMILES string of the molecule is O=c1cc(I)cnn1Cc1c(F)cccc1Cl. The third kappa shape index (κ3) is 2.84. The molecule has 88 valence electrons. The Morgan fingerprint density at radius 1 is 1.47 bits per heavy atom. The highest BCUT2D eigenvalue weighted by molar-refractivity contribution is 14.1. The number of nitrogens with zero attached hydrogens (tertiary/aromatic N) is 2. The Bertz CT molecular complexity index is 594. The zero-order valence-corrected chi connectivity index (χ0v) is 11.4. The van der Waals surface area contributed by atoms with Crippen LogP contribution in [0.4, 0.5) is 4.39 Å². The van der Waals surface area contributed by atoms with Gasteiger partial charge in [-0.15, -0.1) is 0 Å². The highest BCUT2D eigenvalue weighted by atomic mass is 127. The molecule has 1 aromatic carbocycles. The molecule has 3 nitrogen and oxygen atoms in total. The Hall–Kier alpha value is -0.950. The Kier molecular flexibility index (Phi) is 3.78. The van der Waals surface area contributed by atoms with Crippen LogP contribution in [-0.4, -0.2) is 9.78 Å². The molecule has 0 amide bonds. The molecule has 2 rings (SSSR count). The topological polar surface area (TPSA) is 34.9 Å². The molecule has 0 saturated carbocycles. The third-order valence-electron chi connectivity index (χ3n) is 2.21. The summed E-state index contributed by atoms with van der Waals surface area (Å²) in [6, 6.07) is 5.84. The summed E-state index contributed by atoms with van der Waals surface area (Å²) in [6.45, 7) is 0.0290. The molecule has 1 heterocycles. The van der Waals surface area contributed by atoms with Crippen molar-refractivity contribution in [2.45, 2.75) is 6.54 Å². The molecule has 2 aromatic rings. The van der Waals surface area contributed by atoms with Crippen LogP contribution < -0.4 is 5.56 Å². The second-order valence-corrected chi connectivity index (χ2v) is 5.02. The van der Waals surface area contributed by atoms with E-state index in [-0.39, 0.29) is 22.7 Å². The van der Waals surface area contributed by atoms with Gasteiger partial charge in [-0.25, -0.2) is 9.07 Å². The van der Waals surface area contributed by atoms with Crippen molar-refractivity contribution >= 4 is 34.2 Å². The van der Waals surface area contributed by atoms with Crippen molar-refractivity contribution in [1.29, 1.82) is 0 Å². The maximum atomic E-state index is 13.5. The van der Waals surface area contributed by atoms with Crippen LogP contribution in [0.5, 0.6) is 0 Å². The molecule has 0 atom stereocenters. The molecule has 0 spiro atoms. The molecule has 0 radical (unpaired) electrons. The molecule has 0 N–H and O–H groups in total. The first-order valence-electron chi connectivity index (χ1n) is 4.73. The van der Waals surface area contributed by atoms with Gasteiger partial charge in [0.2, 0.25) is 0 Å². The van der Waals surface area contributed by atoms with Gasteiger partial charge >= 0.3 is 0 Å². The van der Waals surface area contributed by atoms with Gasteiger partial charge in [0.15, 0.2) is 0 Å². The van der Waals surface area contributed by atoms with Crippen LogP contribution in [0.3, 0.4) is 0 Å². The quantitative estimate of drug-likeness (QED) is 0.768. The number of rotatable bonds is 2. The fourth-order valence-corrected chi connectivity index (χ4v) is 1.98. The molecule has 0 bridgehead atoms. The lowest BCUT2D eigenvalue weighted by Gasteiger charge is -2.07. The number of aromatic nitrogens is 2. The van der Waals surface area contributed by atoms with Gasteiger partial charge in [0, 0.05) is 20.2 Å². The molecule has 0 aliphatic carbocycles. The van der Waals surface area contributed by atoms with Crippen LogP contribution in [0.15, 0.2) is 35.3 Å². The summed E-state index contributed by atoms with van der Waals surface area (Å²) in [5.74, 6) is -0.440. The van der Waals surface area contributed by atoms with Crippen molar-refractivity contribution < 1.29 is 4.39 Å². The van der Waals surface area contributed by atoms with E-state index in [9.17, 15) is 9.18 Å². The first-order chi connectivity index (χ1) is 8.08. The number of hydrogen-bond acceptors (Lipinski definition) is 2. The van der Waals surface area contributed by atoms with Crippen LogP contribution in [0.1, 0.15) is 5.56 Å². The molecule has 0 saturated heterocycles. The fraction of sp³-hybridized carbons (Fsp3) is 0.0909. The van der Waals surface area contributed by atoms with Gasteiger partial charge < -0.3 is 0 Å². The Morgan fingerprint density at radius 2 is 2.24 bits per heavy atom. The molecule has 17 heavy (non-hydrogen) atoms. The Morgan fingerprint density at radius 3 is 2.88 bits per heavy atom. The zero-order valence-electron chi connectivity index (χ0n) is 8.53. The summed E-state index contributed by atoms with van der Waals surface area (Å²) in [5, 5.41) is 4.22. The van der Waals surface area contributed by atoms with Gasteiger partial charge in [0.25, 0.3) is 5.56 Å². The van der Waals surface area contributed by atoms with Gasteiger partial charge in [-0.2, -0.15) is 5.10 Å². The van der Waals surface area contributed by atoms with Crippen molar-refractivity contribution in [2.24, 2.45) is 0 Å². The van der Waals surface area contributed by atoms with Crippen LogP contribution in [0.25, 0.3) is 0 Å². The molecule has 0 unspecified atom stereocenters. The minimum absolute atomic E-state index is 0.0290. The lowest BCUT2D eigenvalue weighted by atomic mass is 10.2. The van der Waals surface area contributed by atoms with E-state index in [0.29, 0.717) is 0 Å². The van der Waals surface area contributed by atoms with Gasteiger partial charge in [0.05, 0.1) is 12.7 Å². The van der Waals surface area contributed by atoms with Gasteiger partial charge in [0.1, 0.15) is 5.82 Å². The lowest BCUT2D eigenvalue weighted by Crippen LogP contribution is -2.23. The molecule has 0 aliphatic heterocycles. The summed E-state index contributed by atoms with van der Waals surface area (Å²) >= 11 is 7.87. The van der Waals surface area contributed by atoms with Crippen LogP contribution in [0, 0.1) is 9.39 Å². The van der Waals surface area contributed by atoms with E-state index in [4.69, 9.17) is 11.6 Å². The van der Waals surface area contributed by atoms with Crippen molar-refractivity contribution in [3.8, 4) is 0 Å². The molecular weight excluding hydrogens is 357 g/mol. The summed E-state index contributed by atoms with van der Waals surface area (Å²) in [4.78, 5) is 11.6. The van der Waals surface area contributed by atoms with E-state index in [2.05, 4.69) is 5.10 Å². The second-order valence-electron chi connectivity index (χ2n) is 3.37. The maximum Gasteiger partial charge on any atom is 0.268 e. The van der Waals surface area contributed by atoms with E-state index < -0.39 is 5.82 Å². The largest absolute Gasteiger partial charge is 0.268 e. The number of benzene rings is 1. The van der Waals surface area contributed by atoms with E-state index >= 15 is 0 Å². The minimum atomic E-state index is -0.440. The monoisotopic (exact) mass is 364 g/mol. The fourth-order valence-electron chi connectivity index (χ4n) is 1.36. The molecule has 0 aliphatic rings. The zero-order chi connectivity index (χ0) is 12.4. The highest BCUT2D eigenvalue weighted by Crippen LogP contribution is 2.19. The normalized spacial score (nSPS) is 10.5. The molecule has 6 heteroatoms. The summed E-state index contributed by atoms with van der Waals surface area (Å²) in [6.07, 6.45) is 1.54. The van der Waals surface area contributed by atoms with Crippen LogP contribution in [0.2, 0.25) is 5.02 Å². The van der Waals surface area contributed by atoms with Gasteiger partial charge in [-0.05, 0) is 34.7 Å². The van der Waals surface area contributed by atoms with Crippen molar-refractivity contribution in [3.63, 3.8) is 0 Å². The number of hydrogen-bond donors (Lipinski definition) is 0. The third-order valence-corrected chi connectivity index (χ3v) is 3.15. The predicted molar refractivity (Wildman–Crippen MR) is 71.7 cm³/mol. The average Bonchev–Trinajstić information content (AvgIpc) is 2.26. The van der Waals surface area contributed by atoms with Crippen LogP contribution >= 0.6 is 34.2 Å². The maximum absolute atomic E-state index is 13.5. The molecular formula is C11H7ClFIN2O. The van der Waals surface area contributed by atoms with E-state index in [1.165, 1.54) is 29.1 Å². The summed E-state index contributed by atoms with van der Waals surface area (Å²) in [7, 11) is 0. The summed E-state index contributed by atoms with van der Waals surface area (Å²) in [5.41, 5.74) is -0.0128. The van der Waals surface area contributed by atoms with Crippen molar-refractivity contribution in [3.05, 3.63) is 60.8 Å².